The maximum absolute atomic E-state index is 12.4. The highest BCUT2D eigenvalue weighted by molar-refractivity contribution is 5.96. The first kappa shape index (κ1) is 14.1. The summed E-state index contributed by atoms with van der Waals surface area (Å²) in [6, 6.07) is 1.31. The predicted molar refractivity (Wildman–Crippen MR) is 75.6 cm³/mol. The number of pyridine rings is 1. The van der Waals surface area contributed by atoms with Gasteiger partial charge in [-0.05, 0) is 12.0 Å². The molecule has 0 saturated heterocycles. The van der Waals surface area contributed by atoms with Crippen LogP contribution >= 0.6 is 0 Å². The van der Waals surface area contributed by atoms with E-state index in [4.69, 9.17) is 4.52 Å². The standard InChI is InChI=1S/C13H15N7O2/c1-7(2)10(11-15-6-22-18-11)16-13(21)8-4-9-12(14-5-8)20(3)19-17-9/h4-7,10H,1-3H3,(H,16,21). The molecule has 0 bridgehead atoms. The summed E-state index contributed by atoms with van der Waals surface area (Å²) < 4.78 is 6.30. The average Bonchev–Trinajstić information content (AvgIpc) is 3.14. The number of hydrogen-bond acceptors (Lipinski definition) is 7. The van der Waals surface area contributed by atoms with Crippen molar-refractivity contribution >= 4 is 17.1 Å². The summed E-state index contributed by atoms with van der Waals surface area (Å²) in [5.41, 5.74) is 1.59. The summed E-state index contributed by atoms with van der Waals surface area (Å²) in [6.07, 6.45) is 2.73. The van der Waals surface area contributed by atoms with Gasteiger partial charge in [0.25, 0.3) is 5.91 Å². The van der Waals surface area contributed by atoms with Crippen LogP contribution in [0.2, 0.25) is 0 Å². The minimum absolute atomic E-state index is 0.106. The van der Waals surface area contributed by atoms with E-state index in [1.165, 1.54) is 12.6 Å². The van der Waals surface area contributed by atoms with E-state index in [9.17, 15) is 4.79 Å². The summed E-state index contributed by atoms with van der Waals surface area (Å²) in [5, 5.41) is 14.5. The van der Waals surface area contributed by atoms with E-state index in [2.05, 4.69) is 30.8 Å². The van der Waals surface area contributed by atoms with Crippen LogP contribution in [0.1, 0.15) is 36.1 Å². The van der Waals surface area contributed by atoms with Crippen LogP contribution in [-0.4, -0.2) is 36.0 Å². The minimum atomic E-state index is -0.344. The Morgan fingerprint density at radius 2 is 2.18 bits per heavy atom. The largest absolute Gasteiger partial charge is 0.343 e. The number of carbonyl (C=O) groups is 1. The Morgan fingerprint density at radius 1 is 1.36 bits per heavy atom. The van der Waals surface area contributed by atoms with Gasteiger partial charge in [-0.15, -0.1) is 5.10 Å². The van der Waals surface area contributed by atoms with Crippen LogP contribution in [0, 0.1) is 5.92 Å². The Bertz CT molecular complexity index is 794. The van der Waals surface area contributed by atoms with E-state index in [0.717, 1.165) is 0 Å². The molecule has 9 heteroatoms. The second-order valence-corrected chi connectivity index (χ2v) is 5.26. The zero-order chi connectivity index (χ0) is 15.7. The molecule has 1 atom stereocenters. The molecule has 0 saturated carbocycles. The second kappa shape index (κ2) is 5.51. The Labute approximate surface area is 125 Å². The molecule has 9 nitrogen and oxygen atoms in total. The van der Waals surface area contributed by atoms with Gasteiger partial charge in [0.2, 0.25) is 6.39 Å². The smallest absolute Gasteiger partial charge is 0.253 e. The number of nitrogens with zero attached hydrogens (tertiary/aromatic N) is 6. The fourth-order valence-corrected chi connectivity index (χ4v) is 2.12. The van der Waals surface area contributed by atoms with Crippen molar-refractivity contribution < 1.29 is 9.32 Å². The van der Waals surface area contributed by atoms with Crippen molar-refractivity contribution in [2.45, 2.75) is 19.9 Å². The van der Waals surface area contributed by atoms with E-state index in [-0.39, 0.29) is 17.9 Å². The lowest BCUT2D eigenvalue weighted by molar-refractivity contribution is 0.0922. The second-order valence-electron chi connectivity index (χ2n) is 5.26. The normalized spacial score (nSPS) is 12.7. The van der Waals surface area contributed by atoms with Crippen molar-refractivity contribution in [3.63, 3.8) is 0 Å². The SMILES string of the molecule is CC(C)C(NC(=O)c1cnc2c(c1)nnn2C)c1ncon1. The highest BCUT2D eigenvalue weighted by Crippen LogP contribution is 2.19. The van der Waals surface area contributed by atoms with Gasteiger partial charge in [0.15, 0.2) is 11.5 Å². The molecule has 1 amide bonds. The predicted octanol–water partition coefficient (Wildman–Crippen LogP) is 0.873. The number of carbonyl (C=O) groups excluding carboxylic acids is 1. The molecule has 0 aliphatic rings. The number of rotatable bonds is 4. The van der Waals surface area contributed by atoms with Gasteiger partial charge >= 0.3 is 0 Å². The van der Waals surface area contributed by atoms with Crippen molar-refractivity contribution in [3.05, 3.63) is 30.0 Å². The topological polar surface area (TPSA) is 112 Å². The van der Waals surface area contributed by atoms with Crippen LogP contribution in [-0.2, 0) is 7.05 Å². The number of hydrogen-bond donors (Lipinski definition) is 1. The third-order valence-corrected chi connectivity index (χ3v) is 3.31. The van der Waals surface area contributed by atoms with Crippen LogP contribution in [0.4, 0.5) is 0 Å². The molecule has 0 spiro atoms. The van der Waals surface area contributed by atoms with Crippen LogP contribution in [0.15, 0.2) is 23.2 Å². The Balaban J connectivity index is 1.85. The maximum Gasteiger partial charge on any atom is 0.253 e. The summed E-state index contributed by atoms with van der Waals surface area (Å²) >= 11 is 0. The van der Waals surface area contributed by atoms with Crippen LogP contribution in [0.3, 0.4) is 0 Å². The molecule has 3 heterocycles. The van der Waals surface area contributed by atoms with E-state index >= 15 is 0 Å². The molecule has 0 radical (unpaired) electrons. The fraction of sp³-hybridized carbons (Fsp3) is 0.385. The lowest BCUT2D eigenvalue weighted by Crippen LogP contribution is -2.32. The van der Waals surface area contributed by atoms with Gasteiger partial charge in [-0.3, -0.25) is 4.79 Å². The average molecular weight is 301 g/mol. The van der Waals surface area contributed by atoms with Gasteiger partial charge in [0, 0.05) is 13.2 Å². The molecule has 1 unspecified atom stereocenters. The third-order valence-electron chi connectivity index (χ3n) is 3.31. The zero-order valence-electron chi connectivity index (χ0n) is 12.4. The van der Waals surface area contributed by atoms with Gasteiger partial charge in [-0.25, -0.2) is 9.67 Å². The zero-order valence-corrected chi connectivity index (χ0v) is 12.4. The van der Waals surface area contributed by atoms with Gasteiger partial charge in [0.05, 0.1) is 11.6 Å². The molecule has 0 aliphatic heterocycles. The molecule has 3 aromatic heterocycles. The summed E-state index contributed by atoms with van der Waals surface area (Å²) in [7, 11) is 1.74. The molecule has 0 aliphatic carbocycles. The number of aromatic nitrogens is 6. The van der Waals surface area contributed by atoms with Crippen molar-refractivity contribution in [2.75, 3.05) is 0 Å². The van der Waals surface area contributed by atoms with E-state index in [1.807, 2.05) is 13.8 Å². The summed E-state index contributed by atoms with van der Waals surface area (Å²) in [6.45, 7) is 3.93. The molecule has 0 fully saturated rings. The van der Waals surface area contributed by atoms with Crippen molar-refractivity contribution in [3.8, 4) is 0 Å². The highest BCUT2D eigenvalue weighted by atomic mass is 16.5. The highest BCUT2D eigenvalue weighted by Gasteiger charge is 2.23. The third kappa shape index (κ3) is 2.52. The molecule has 0 aromatic carbocycles. The quantitative estimate of drug-likeness (QED) is 0.761. The van der Waals surface area contributed by atoms with Crippen molar-refractivity contribution in [2.24, 2.45) is 13.0 Å². The molecule has 3 aromatic rings. The van der Waals surface area contributed by atoms with Crippen molar-refractivity contribution in [1.82, 2.24) is 35.4 Å². The van der Waals surface area contributed by atoms with Gasteiger partial charge < -0.3 is 9.84 Å². The van der Waals surface area contributed by atoms with Crippen LogP contribution < -0.4 is 5.32 Å². The van der Waals surface area contributed by atoms with E-state index in [1.54, 1.807) is 17.8 Å². The van der Waals surface area contributed by atoms with E-state index in [0.29, 0.717) is 22.6 Å². The summed E-state index contributed by atoms with van der Waals surface area (Å²) in [5.74, 6) is 0.273. The monoisotopic (exact) mass is 301 g/mol. The maximum atomic E-state index is 12.4. The molecule has 1 N–H and O–H groups in total. The first-order valence-corrected chi connectivity index (χ1v) is 6.79. The van der Waals surface area contributed by atoms with Crippen LogP contribution in [0.5, 0.6) is 0 Å². The molecular weight excluding hydrogens is 286 g/mol. The first-order chi connectivity index (χ1) is 10.6. The summed E-state index contributed by atoms with van der Waals surface area (Å²) in [4.78, 5) is 20.6. The molecule has 3 rings (SSSR count). The van der Waals surface area contributed by atoms with Gasteiger partial charge in [-0.2, -0.15) is 4.98 Å². The fourth-order valence-electron chi connectivity index (χ4n) is 2.12. The van der Waals surface area contributed by atoms with E-state index < -0.39 is 0 Å². The molecule has 22 heavy (non-hydrogen) atoms. The Morgan fingerprint density at radius 3 is 2.86 bits per heavy atom. The first-order valence-electron chi connectivity index (χ1n) is 6.79. The Hall–Kier alpha value is -2.84. The molecule has 114 valence electrons. The van der Waals surface area contributed by atoms with Gasteiger partial charge in [-0.1, -0.05) is 24.2 Å². The lowest BCUT2D eigenvalue weighted by Gasteiger charge is -2.18. The molecular formula is C13H15N7O2. The minimum Gasteiger partial charge on any atom is -0.343 e. The van der Waals surface area contributed by atoms with Crippen LogP contribution in [0.25, 0.3) is 11.2 Å². The number of fused-ring (bicyclic) bond motifs is 1. The van der Waals surface area contributed by atoms with Gasteiger partial charge in [0.1, 0.15) is 5.52 Å². The number of aryl methyl sites for hydroxylation is 1. The number of amides is 1. The Kier molecular flexibility index (Phi) is 3.53. The van der Waals surface area contributed by atoms with Crippen molar-refractivity contribution in [1.29, 1.82) is 0 Å². The number of nitrogens with one attached hydrogen (secondary N) is 1. The lowest BCUT2D eigenvalue weighted by atomic mass is 10.0.